The Hall–Kier alpha value is -1.75. The predicted octanol–water partition coefficient (Wildman–Crippen LogP) is 2.49. The van der Waals surface area contributed by atoms with Crippen LogP contribution in [0.5, 0.6) is 5.88 Å². The van der Waals surface area contributed by atoms with Gasteiger partial charge in [-0.05, 0) is 12.1 Å². The summed E-state index contributed by atoms with van der Waals surface area (Å²) < 4.78 is 18.5. The van der Waals surface area contributed by atoms with Gasteiger partial charge in [-0.2, -0.15) is 0 Å². The molecule has 0 unspecified atom stereocenters. The van der Waals surface area contributed by atoms with E-state index in [0.29, 0.717) is 9.87 Å². The summed E-state index contributed by atoms with van der Waals surface area (Å²) in [7, 11) is 0. The van der Waals surface area contributed by atoms with E-state index in [1.165, 1.54) is 24.4 Å². The molecule has 16 heavy (non-hydrogen) atoms. The molecular weight excluding hydrogens is 235 g/mol. The normalized spacial score (nSPS) is 10.4. The van der Waals surface area contributed by atoms with Crippen molar-refractivity contribution in [3.8, 4) is 5.88 Å². The van der Waals surface area contributed by atoms with Gasteiger partial charge in [-0.3, -0.25) is 0 Å². The van der Waals surface area contributed by atoms with Crippen LogP contribution in [0.25, 0.3) is 0 Å². The number of halogens is 2. The van der Waals surface area contributed by atoms with Crippen LogP contribution in [0, 0.1) is 5.82 Å². The third kappa shape index (κ3) is 2.25. The van der Waals surface area contributed by atoms with Gasteiger partial charge >= 0.3 is 0 Å². The second-order valence-corrected chi connectivity index (χ2v) is 3.47. The molecular formula is C10H8ClFN2O2. The zero-order valence-electron chi connectivity index (χ0n) is 8.10. The fraction of sp³-hybridized carbons (Fsp3) is 0.100. The summed E-state index contributed by atoms with van der Waals surface area (Å²) >= 11 is 5.81. The zero-order chi connectivity index (χ0) is 11.5. The van der Waals surface area contributed by atoms with Crippen molar-refractivity contribution in [1.29, 1.82) is 0 Å². The lowest BCUT2D eigenvalue weighted by atomic mass is 10.2. The van der Waals surface area contributed by atoms with Gasteiger partial charge in [-0.25, -0.2) is 4.39 Å². The Morgan fingerprint density at radius 3 is 2.88 bits per heavy atom. The van der Waals surface area contributed by atoms with Crippen molar-refractivity contribution >= 4 is 11.6 Å². The number of hydrogen-bond donors (Lipinski definition) is 1. The van der Waals surface area contributed by atoms with Crippen LogP contribution in [0.1, 0.15) is 5.56 Å². The first-order chi connectivity index (χ1) is 7.66. The van der Waals surface area contributed by atoms with Crippen LogP contribution in [0.3, 0.4) is 0 Å². The highest BCUT2D eigenvalue weighted by Crippen LogP contribution is 2.20. The monoisotopic (exact) mass is 242 g/mol. The molecule has 1 aromatic carbocycles. The highest BCUT2D eigenvalue weighted by Gasteiger charge is 2.08. The van der Waals surface area contributed by atoms with Crippen LogP contribution in [0.4, 0.5) is 4.39 Å². The molecule has 0 atom stereocenters. The Balaban J connectivity index is 2.10. The number of rotatable bonds is 3. The molecule has 2 rings (SSSR count). The van der Waals surface area contributed by atoms with E-state index in [9.17, 15) is 4.39 Å². The topological polar surface area (TPSA) is 47.3 Å². The van der Waals surface area contributed by atoms with E-state index in [2.05, 4.69) is 5.10 Å². The highest BCUT2D eigenvalue weighted by molar-refractivity contribution is 6.31. The average molecular weight is 243 g/mol. The second kappa shape index (κ2) is 4.40. The fourth-order valence-corrected chi connectivity index (χ4v) is 1.41. The number of hydrogen-bond acceptors (Lipinski definition) is 3. The SMILES string of the molecule is On1ccc(OCc2c(F)cccc2Cl)n1. The predicted molar refractivity (Wildman–Crippen MR) is 55.2 cm³/mol. The Morgan fingerprint density at radius 2 is 2.25 bits per heavy atom. The minimum Gasteiger partial charge on any atom is -0.471 e. The van der Waals surface area contributed by atoms with Gasteiger partial charge in [0.05, 0.1) is 11.2 Å². The second-order valence-electron chi connectivity index (χ2n) is 3.06. The summed E-state index contributed by atoms with van der Waals surface area (Å²) in [4.78, 5) is 0.609. The van der Waals surface area contributed by atoms with Crippen molar-refractivity contribution in [3.63, 3.8) is 0 Å². The van der Waals surface area contributed by atoms with E-state index < -0.39 is 5.82 Å². The molecule has 1 aromatic heterocycles. The van der Waals surface area contributed by atoms with Gasteiger partial charge in [0.15, 0.2) is 0 Å². The summed E-state index contributed by atoms with van der Waals surface area (Å²) in [5.74, 6) is -0.238. The van der Waals surface area contributed by atoms with E-state index in [1.807, 2.05) is 0 Å². The molecule has 0 saturated heterocycles. The van der Waals surface area contributed by atoms with Gasteiger partial charge in [-0.15, -0.1) is 4.85 Å². The maximum absolute atomic E-state index is 13.3. The minimum atomic E-state index is -0.434. The molecule has 4 nitrogen and oxygen atoms in total. The molecule has 0 bridgehead atoms. The van der Waals surface area contributed by atoms with E-state index in [1.54, 1.807) is 6.07 Å². The Bertz CT molecular complexity index is 481. The van der Waals surface area contributed by atoms with Crippen molar-refractivity contribution in [2.75, 3.05) is 0 Å². The van der Waals surface area contributed by atoms with E-state index in [-0.39, 0.29) is 18.1 Å². The van der Waals surface area contributed by atoms with Crippen LogP contribution in [0.2, 0.25) is 5.02 Å². The van der Waals surface area contributed by atoms with Gasteiger partial charge in [0.2, 0.25) is 5.88 Å². The standard InChI is InChI=1S/C10H8ClFN2O2/c11-8-2-1-3-9(12)7(8)6-16-10-4-5-14(15)13-10/h1-5,15H,6H2. The largest absolute Gasteiger partial charge is 0.471 e. The highest BCUT2D eigenvalue weighted by atomic mass is 35.5. The molecule has 0 aliphatic rings. The van der Waals surface area contributed by atoms with E-state index in [0.717, 1.165) is 0 Å². The first-order valence-electron chi connectivity index (χ1n) is 4.47. The zero-order valence-corrected chi connectivity index (χ0v) is 8.86. The van der Waals surface area contributed by atoms with Crippen molar-refractivity contribution in [3.05, 3.63) is 46.9 Å². The molecule has 2 aromatic rings. The summed E-state index contributed by atoms with van der Waals surface area (Å²) in [6, 6.07) is 5.85. The molecule has 0 fully saturated rings. The lowest BCUT2D eigenvalue weighted by molar-refractivity contribution is 0.141. The number of ether oxygens (including phenoxy) is 1. The quantitative estimate of drug-likeness (QED) is 0.842. The van der Waals surface area contributed by atoms with Gasteiger partial charge in [0, 0.05) is 11.6 Å². The first-order valence-corrected chi connectivity index (χ1v) is 4.85. The summed E-state index contributed by atoms with van der Waals surface area (Å²) in [5, 5.41) is 12.7. The van der Waals surface area contributed by atoms with Crippen LogP contribution in [-0.4, -0.2) is 15.2 Å². The Morgan fingerprint density at radius 1 is 1.44 bits per heavy atom. The van der Waals surface area contributed by atoms with Gasteiger partial charge < -0.3 is 9.94 Å². The summed E-state index contributed by atoms with van der Waals surface area (Å²) in [6.07, 6.45) is 1.30. The van der Waals surface area contributed by atoms with Gasteiger partial charge in [-0.1, -0.05) is 22.8 Å². The molecule has 0 aliphatic carbocycles. The molecule has 0 radical (unpaired) electrons. The molecule has 6 heteroatoms. The van der Waals surface area contributed by atoms with E-state index in [4.69, 9.17) is 21.5 Å². The van der Waals surface area contributed by atoms with Crippen molar-refractivity contribution in [1.82, 2.24) is 9.94 Å². The number of benzene rings is 1. The first kappa shape index (κ1) is 10.8. The third-order valence-corrected chi connectivity index (χ3v) is 2.33. The third-order valence-electron chi connectivity index (χ3n) is 1.98. The lowest BCUT2D eigenvalue weighted by Crippen LogP contribution is -2.00. The maximum Gasteiger partial charge on any atom is 0.236 e. The summed E-state index contributed by atoms with van der Waals surface area (Å²) in [6.45, 7) is -0.0392. The molecule has 0 spiro atoms. The Labute approximate surface area is 95.8 Å². The van der Waals surface area contributed by atoms with Crippen LogP contribution >= 0.6 is 11.6 Å². The van der Waals surface area contributed by atoms with Crippen molar-refractivity contribution in [2.24, 2.45) is 0 Å². The van der Waals surface area contributed by atoms with E-state index >= 15 is 0 Å². The molecule has 0 amide bonds. The molecule has 1 heterocycles. The molecule has 1 N–H and O–H groups in total. The number of aromatic nitrogens is 2. The average Bonchev–Trinajstić information content (AvgIpc) is 2.63. The van der Waals surface area contributed by atoms with Crippen LogP contribution in [-0.2, 0) is 6.61 Å². The lowest BCUT2D eigenvalue weighted by Gasteiger charge is -2.05. The van der Waals surface area contributed by atoms with Gasteiger partial charge in [0.25, 0.3) is 0 Å². The molecule has 84 valence electrons. The smallest absolute Gasteiger partial charge is 0.236 e. The fourth-order valence-electron chi connectivity index (χ4n) is 1.19. The van der Waals surface area contributed by atoms with Crippen LogP contribution < -0.4 is 4.74 Å². The summed E-state index contributed by atoms with van der Waals surface area (Å²) in [5.41, 5.74) is 0.261. The minimum absolute atomic E-state index is 0.0392. The molecule has 0 saturated carbocycles. The Kier molecular flexibility index (Phi) is 2.96. The number of nitrogens with zero attached hydrogens (tertiary/aromatic N) is 2. The van der Waals surface area contributed by atoms with Crippen molar-refractivity contribution in [2.45, 2.75) is 6.61 Å². The molecule has 0 aliphatic heterocycles. The van der Waals surface area contributed by atoms with Gasteiger partial charge in [0.1, 0.15) is 12.4 Å². The maximum atomic E-state index is 13.3. The van der Waals surface area contributed by atoms with Crippen LogP contribution in [0.15, 0.2) is 30.5 Å². The van der Waals surface area contributed by atoms with Crippen molar-refractivity contribution < 1.29 is 14.3 Å².